The van der Waals surface area contributed by atoms with Crippen LogP contribution in [0.3, 0.4) is 0 Å². The van der Waals surface area contributed by atoms with Crippen LogP contribution in [0.15, 0.2) is 36.4 Å². The summed E-state index contributed by atoms with van der Waals surface area (Å²) < 4.78 is 33.1. The van der Waals surface area contributed by atoms with Crippen LogP contribution < -0.4 is 14.6 Å². The lowest BCUT2D eigenvalue weighted by Crippen LogP contribution is -2.48. The van der Waals surface area contributed by atoms with E-state index in [0.29, 0.717) is 44.8 Å². The van der Waals surface area contributed by atoms with Crippen LogP contribution in [0.25, 0.3) is 22.2 Å². The molecule has 4 N–H and O–H groups in total. The fourth-order valence-electron chi connectivity index (χ4n) is 8.12. The molecule has 2 saturated carbocycles. The van der Waals surface area contributed by atoms with Gasteiger partial charge in [0.2, 0.25) is 5.91 Å². The van der Waals surface area contributed by atoms with Crippen LogP contribution in [0.5, 0.6) is 5.75 Å². The normalized spacial score (nSPS) is 24.5. The van der Waals surface area contributed by atoms with Gasteiger partial charge in [0.1, 0.15) is 5.75 Å². The lowest BCUT2D eigenvalue weighted by Gasteiger charge is -2.38. The maximum atomic E-state index is 14.5. The summed E-state index contributed by atoms with van der Waals surface area (Å²) in [6.07, 6.45) is 7.39. The van der Waals surface area contributed by atoms with Gasteiger partial charge in [-0.05, 0) is 86.4 Å². The van der Waals surface area contributed by atoms with Crippen molar-refractivity contribution in [2.75, 3.05) is 20.2 Å². The van der Waals surface area contributed by atoms with E-state index in [2.05, 4.69) is 16.7 Å². The second-order valence-corrected chi connectivity index (χ2v) is 14.8. The van der Waals surface area contributed by atoms with Crippen molar-refractivity contribution in [3.63, 3.8) is 0 Å². The zero-order valence-corrected chi connectivity index (χ0v) is 26.1. The molecular formula is C33H40N4O6S. The monoisotopic (exact) mass is 620 g/mol. The van der Waals surface area contributed by atoms with Crippen LogP contribution in [0.1, 0.15) is 91.6 Å². The quantitative estimate of drug-likeness (QED) is 0.391. The van der Waals surface area contributed by atoms with Crippen molar-refractivity contribution in [3.05, 3.63) is 53.1 Å². The van der Waals surface area contributed by atoms with Gasteiger partial charge >= 0.3 is 0 Å². The van der Waals surface area contributed by atoms with Gasteiger partial charge in [-0.1, -0.05) is 25.3 Å². The summed E-state index contributed by atoms with van der Waals surface area (Å²) in [4.78, 5) is 29.3. The Morgan fingerprint density at radius 1 is 1.07 bits per heavy atom. The number of carbonyl (C=O) groups excluding carboxylic acids is 2. The Morgan fingerprint density at radius 2 is 1.80 bits per heavy atom. The largest absolute Gasteiger partial charge is 0.497 e. The zero-order chi connectivity index (χ0) is 31.0. The van der Waals surface area contributed by atoms with E-state index in [-0.39, 0.29) is 17.4 Å². The molecule has 3 aromatic rings. The zero-order valence-electron chi connectivity index (χ0n) is 25.3. The van der Waals surface area contributed by atoms with Gasteiger partial charge < -0.3 is 19.3 Å². The second kappa shape index (κ2) is 10.3. The summed E-state index contributed by atoms with van der Waals surface area (Å²) in [6.45, 7) is 3.29. The smallest absolute Gasteiger partial charge is 0.298 e. The fourth-order valence-corrected chi connectivity index (χ4v) is 8.49. The number of nitrogens with two attached hydrogens (primary N) is 1. The molecule has 2 amide bonds. The Hall–Kier alpha value is -3.41. The molecule has 2 unspecified atom stereocenters. The van der Waals surface area contributed by atoms with Gasteiger partial charge in [-0.25, -0.2) is 9.86 Å². The third-order valence-corrected chi connectivity index (χ3v) is 11.0. The number of hydrogen-bond donors (Lipinski definition) is 3. The number of nitrogens with zero attached hydrogens (tertiary/aromatic N) is 2. The van der Waals surface area contributed by atoms with Gasteiger partial charge in [0.25, 0.3) is 16.1 Å². The van der Waals surface area contributed by atoms with Gasteiger partial charge in [0.15, 0.2) is 0 Å². The molecule has 1 saturated heterocycles. The van der Waals surface area contributed by atoms with Crippen molar-refractivity contribution in [1.82, 2.24) is 14.2 Å². The molecule has 2 aromatic carbocycles. The minimum Gasteiger partial charge on any atom is -0.497 e. The van der Waals surface area contributed by atoms with Crippen LogP contribution >= 0.6 is 0 Å². The third-order valence-electron chi connectivity index (χ3n) is 10.6. The minimum atomic E-state index is -4.24. The first-order valence-electron chi connectivity index (χ1n) is 15.6. The Labute approximate surface area is 257 Å². The van der Waals surface area contributed by atoms with E-state index in [1.54, 1.807) is 19.2 Å². The molecule has 3 heterocycles. The number of rotatable bonds is 5. The van der Waals surface area contributed by atoms with Gasteiger partial charge in [0.05, 0.1) is 23.8 Å². The van der Waals surface area contributed by atoms with E-state index in [0.717, 1.165) is 59.2 Å². The van der Waals surface area contributed by atoms with E-state index in [9.17, 15) is 23.1 Å². The molecule has 7 rings (SSSR count). The lowest BCUT2D eigenvalue weighted by atomic mass is 9.81. The topological polar surface area (TPSA) is 144 Å². The molecule has 234 valence electrons. The fraction of sp³-hybridized carbons (Fsp3) is 0.515. The number of hydrogen-bond acceptors (Lipinski definition) is 6. The number of benzene rings is 2. The average Bonchev–Trinajstić information content (AvgIpc) is 3.66. The van der Waals surface area contributed by atoms with Crippen molar-refractivity contribution in [2.45, 2.75) is 82.3 Å². The predicted molar refractivity (Wildman–Crippen MR) is 167 cm³/mol. The first kappa shape index (κ1) is 29.3. The number of amides is 2. The predicted octanol–water partition coefficient (Wildman–Crippen LogP) is 4.16. The van der Waals surface area contributed by atoms with Gasteiger partial charge in [-0.15, -0.1) is 0 Å². The number of carbonyl (C=O) groups is 2. The molecule has 2 aliphatic heterocycles. The molecule has 2 aliphatic carbocycles. The Morgan fingerprint density at radius 3 is 2.48 bits per heavy atom. The molecule has 0 radical (unpaired) electrons. The Balaban J connectivity index is 1.43. The number of methoxy groups -OCH3 is 1. The molecule has 3 fully saturated rings. The Bertz CT molecular complexity index is 1780. The first-order valence-corrected chi connectivity index (χ1v) is 17.2. The highest BCUT2D eigenvalue weighted by Crippen LogP contribution is 2.66. The summed E-state index contributed by atoms with van der Waals surface area (Å²) >= 11 is 0. The number of ether oxygens (including phenoxy) is 1. The van der Waals surface area contributed by atoms with E-state index in [1.807, 2.05) is 28.7 Å². The van der Waals surface area contributed by atoms with Crippen LogP contribution in [0, 0.1) is 5.41 Å². The minimum absolute atomic E-state index is 0.00515. The number of aromatic nitrogens is 1. The SMILES string of the molecule is COc1ccc2c(c1)C1CC1(C(=O)N1CCC(C)(O)CC1)Cn1c-2c(C2CCCCC2)c2ccc(C(=O)NS(N)(=O)=O)cc21. The van der Waals surface area contributed by atoms with Crippen LogP contribution in [0.4, 0.5) is 0 Å². The number of piperidine rings is 1. The Kier molecular flexibility index (Phi) is 6.87. The van der Waals surface area contributed by atoms with Crippen LogP contribution in [-0.2, 0) is 21.5 Å². The standard InChI is InChI=1S/C33H40N4O6S/c1-32(40)12-14-36(15-13-32)31(39)33-18-26(33)25-17-22(43-2)9-11-23(25)29-28(20-6-4-3-5-7-20)24-10-8-21(16-27(24)37(29)19-33)30(38)35-44(34,41)42/h8-11,16-17,20,26,40H,3-7,12-15,18-19H2,1-2H3,(H,35,38)(H2,34,41,42). The summed E-state index contributed by atoms with van der Waals surface area (Å²) in [7, 11) is -2.58. The van der Waals surface area contributed by atoms with E-state index in [1.165, 1.54) is 12.0 Å². The molecule has 2 atom stereocenters. The average molecular weight is 621 g/mol. The van der Waals surface area contributed by atoms with Crippen molar-refractivity contribution in [2.24, 2.45) is 10.6 Å². The van der Waals surface area contributed by atoms with Crippen molar-refractivity contribution in [1.29, 1.82) is 0 Å². The molecule has 0 spiro atoms. The molecule has 0 bridgehead atoms. The van der Waals surface area contributed by atoms with Crippen LogP contribution in [0.2, 0.25) is 0 Å². The van der Waals surface area contributed by atoms with Crippen LogP contribution in [-0.4, -0.2) is 60.6 Å². The molecule has 1 aromatic heterocycles. The highest BCUT2D eigenvalue weighted by Gasteiger charge is 2.64. The summed E-state index contributed by atoms with van der Waals surface area (Å²) in [5, 5.41) is 16.7. The van der Waals surface area contributed by atoms with Crippen molar-refractivity contribution in [3.8, 4) is 17.0 Å². The van der Waals surface area contributed by atoms with E-state index >= 15 is 0 Å². The van der Waals surface area contributed by atoms with Gasteiger partial charge in [0, 0.05) is 47.6 Å². The molecule has 10 nitrogen and oxygen atoms in total. The number of likely N-dealkylation sites (tertiary alicyclic amines) is 1. The first-order chi connectivity index (χ1) is 20.9. The number of aliphatic hydroxyl groups is 1. The molecule has 4 aliphatic rings. The molecule has 44 heavy (non-hydrogen) atoms. The lowest BCUT2D eigenvalue weighted by molar-refractivity contribution is -0.141. The molecular weight excluding hydrogens is 580 g/mol. The summed E-state index contributed by atoms with van der Waals surface area (Å²) in [6, 6.07) is 11.5. The third kappa shape index (κ3) is 4.89. The highest BCUT2D eigenvalue weighted by atomic mass is 32.2. The second-order valence-electron chi connectivity index (χ2n) is 13.5. The number of fused-ring (bicyclic) bond motifs is 7. The van der Waals surface area contributed by atoms with Gasteiger partial charge in [-0.2, -0.15) is 8.42 Å². The maximum absolute atomic E-state index is 14.5. The van der Waals surface area contributed by atoms with E-state index < -0.39 is 27.1 Å². The number of nitrogens with one attached hydrogen (secondary N) is 1. The van der Waals surface area contributed by atoms with Gasteiger partial charge in [-0.3, -0.25) is 9.59 Å². The summed E-state index contributed by atoms with van der Waals surface area (Å²) in [5.41, 5.74) is 4.05. The highest BCUT2D eigenvalue weighted by molar-refractivity contribution is 7.87. The van der Waals surface area contributed by atoms with Crippen molar-refractivity contribution < 1.29 is 27.9 Å². The van der Waals surface area contributed by atoms with E-state index in [4.69, 9.17) is 9.88 Å². The summed E-state index contributed by atoms with van der Waals surface area (Å²) in [5.74, 6) is 0.386. The maximum Gasteiger partial charge on any atom is 0.298 e. The van der Waals surface area contributed by atoms with Crippen molar-refractivity contribution >= 4 is 32.9 Å². The molecule has 11 heteroatoms.